The van der Waals surface area contributed by atoms with Gasteiger partial charge in [0.25, 0.3) is 0 Å². The first-order chi connectivity index (χ1) is 17.7. The van der Waals surface area contributed by atoms with Crippen LogP contribution in [0.15, 0.2) is 84.9 Å². The van der Waals surface area contributed by atoms with Gasteiger partial charge < -0.3 is 20.9 Å². The summed E-state index contributed by atoms with van der Waals surface area (Å²) in [6.07, 6.45) is 8.85. The molecule has 5 rings (SSSR count). The molecule has 0 bridgehead atoms. The van der Waals surface area contributed by atoms with E-state index in [0.29, 0.717) is 6.04 Å². The van der Waals surface area contributed by atoms with Gasteiger partial charge in [0.1, 0.15) is 6.04 Å². The molecule has 2 heterocycles. The van der Waals surface area contributed by atoms with Gasteiger partial charge in [-0.3, -0.25) is 4.79 Å². The van der Waals surface area contributed by atoms with Crippen LogP contribution in [0.4, 0.5) is 11.4 Å². The van der Waals surface area contributed by atoms with Crippen molar-refractivity contribution in [3.05, 3.63) is 102 Å². The Morgan fingerprint density at radius 1 is 0.917 bits per heavy atom. The van der Waals surface area contributed by atoms with Crippen molar-refractivity contribution in [2.24, 2.45) is 5.73 Å². The molecule has 0 radical (unpaired) electrons. The van der Waals surface area contributed by atoms with E-state index >= 15 is 0 Å². The lowest BCUT2D eigenvalue weighted by molar-refractivity contribution is -0.119. The molecule has 36 heavy (non-hydrogen) atoms. The Labute approximate surface area is 214 Å². The monoisotopic (exact) mass is 480 g/mol. The fourth-order valence-electron chi connectivity index (χ4n) is 5.32. The molecule has 3 N–H and O–H groups in total. The van der Waals surface area contributed by atoms with Crippen LogP contribution in [0.5, 0.6) is 0 Å². The number of primary amides is 1. The van der Waals surface area contributed by atoms with Crippen LogP contribution in [0.25, 0.3) is 6.08 Å². The molecule has 2 fully saturated rings. The van der Waals surface area contributed by atoms with E-state index in [-0.39, 0.29) is 11.9 Å². The van der Waals surface area contributed by atoms with Crippen molar-refractivity contribution in [3.8, 4) is 0 Å². The molecule has 0 aliphatic carbocycles. The van der Waals surface area contributed by atoms with Crippen molar-refractivity contribution in [1.29, 1.82) is 0 Å². The molecule has 1 amide bonds. The van der Waals surface area contributed by atoms with Crippen LogP contribution >= 0.6 is 0 Å². The van der Waals surface area contributed by atoms with Crippen molar-refractivity contribution in [3.63, 3.8) is 0 Å². The van der Waals surface area contributed by atoms with Crippen LogP contribution in [0.3, 0.4) is 0 Å². The van der Waals surface area contributed by atoms with Gasteiger partial charge in [0, 0.05) is 37.1 Å². The van der Waals surface area contributed by atoms with Crippen LogP contribution < -0.4 is 20.9 Å². The fourth-order valence-corrected chi connectivity index (χ4v) is 5.32. The molecular formula is C31H36N4O. The summed E-state index contributed by atoms with van der Waals surface area (Å²) in [6, 6.07) is 28.4. The highest BCUT2D eigenvalue weighted by Gasteiger charge is 2.29. The van der Waals surface area contributed by atoms with E-state index in [1.54, 1.807) is 0 Å². The van der Waals surface area contributed by atoms with Crippen LogP contribution in [0.2, 0.25) is 0 Å². The first-order valence-electron chi connectivity index (χ1n) is 13.1. The summed E-state index contributed by atoms with van der Waals surface area (Å²) in [7, 11) is 0. The number of nitrogens with two attached hydrogens (primary N) is 1. The van der Waals surface area contributed by atoms with Gasteiger partial charge in [0.05, 0.1) is 0 Å². The second-order valence-corrected chi connectivity index (χ2v) is 9.92. The third kappa shape index (κ3) is 5.97. The minimum atomic E-state index is -0.233. The topological polar surface area (TPSA) is 61.6 Å². The molecule has 3 aromatic carbocycles. The Bertz CT molecular complexity index is 1150. The van der Waals surface area contributed by atoms with Gasteiger partial charge in [-0.05, 0) is 73.2 Å². The molecular weight excluding hydrogens is 444 g/mol. The van der Waals surface area contributed by atoms with Gasteiger partial charge in [-0.15, -0.1) is 0 Å². The second-order valence-electron chi connectivity index (χ2n) is 9.92. The summed E-state index contributed by atoms with van der Waals surface area (Å²) in [5, 5.41) is 3.52. The first kappa shape index (κ1) is 24.1. The highest BCUT2D eigenvalue weighted by atomic mass is 16.1. The predicted molar refractivity (Wildman–Crippen MR) is 149 cm³/mol. The molecule has 0 aromatic heterocycles. The lowest BCUT2D eigenvalue weighted by Gasteiger charge is -2.27. The molecule has 0 saturated carbocycles. The van der Waals surface area contributed by atoms with Gasteiger partial charge in [0.2, 0.25) is 5.91 Å². The van der Waals surface area contributed by atoms with E-state index in [4.69, 9.17) is 5.73 Å². The minimum Gasteiger partial charge on any atom is -0.368 e. The second kappa shape index (κ2) is 11.4. The van der Waals surface area contributed by atoms with Crippen LogP contribution in [0, 0.1) is 0 Å². The number of rotatable bonds is 9. The summed E-state index contributed by atoms with van der Waals surface area (Å²) < 4.78 is 0. The van der Waals surface area contributed by atoms with Gasteiger partial charge >= 0.3 is 0 Å². The Hall–Kier alpha value is -3.57. The van der Waals surface area contributed by atoms with Gasteiger partial charge in [-0.1, -0.05) is 66.7 Å². The summed E-state index contributed by atoms with van der Waals surface area (Å²) >= 11 is 0. The number of hydrogen-bond donors (Lipinski definition) is 2. The maximum Gasteiger partial charge on any atom is 0.240 e. The molecule has 0 spiro atoms. The average Bonchev–Trinajstić information content (AvgIpc) is 3.62. The molecule has 2 unspecified atom stereocenters. The summed E-state index contributed by atoms with van der Waals surface area (Å²) in [6.45, 7) is 3.64. The number of amides is 1. The Balaban J connectivity index is 1.28. The van der Waals surface area contributed by atoms with Crippen molar-refractivity contribution >= 4 is 23.4 Å². The maximum atomic E-state index is 11.8. The number of anilines is 2. The van der Waals surface area contributed by atoms with Gasteiger partial charge in [0.15, 0.2) is 0 Å². The zero-order chi connectivity index (χ0) is 24.7. The smallest absolute Gasteiger partial charge is 0.240 e. The van der Waals surface area contributed by atoms with Crippen molar-refractivity contribution < 1.29 is 4.79 Å². The average molecular weight is 481 g/mol. The number of nitrogens with one attached hydrogen (secondary N) is 1. The number of benzene rings is 3. The fraction of sp³-hybridized carbons (Fsp3) is 0.323. The maximum absolute atomic E-state index is 11.8. The largest absolute Gasteiger partial charge is 0.368 e. The van der Waals surface area contributed by atoms with E-state index in [0.717, 1.165) is 44.7 Å². The van der Waals surface area contributed by atoms with Crippen LogP contribution in [0.1, 0.15) is 42.4 Å². The zero-order valence-corrected chi connectivity index (χ0v) is 20.9. The van der Waals surface area contributed by atoms with Crippen molar-refractivity contribution in [2.75, 3.05) is 22.9 Å². The van der Waals surface area contributed by atoms with E-state index in [1.807, 2.05) is 0 Å². The highest BCUT2D eigenvalue weighted by molar-refractivity contribution is 5.84. The quantitative estimate of drug-likeness (QED) is 0.447. The van der Waals surface area contributed by atoms with Gasteiger partial charge in [-0.25, -0.2) is 0 Å². The molecule has 5 heteroatoms. The Morgan fingerprint density at radius 2 is 1.61 bits per heavy atom. The summed E-state index contributed by atoms with van der Waals surface area (Å²) in [5.41, 5.74) is 11.7. The third-order valence-electron chi connectivity index (χ3n) is 7.32. The van der Waals surface area contributed by atoms with E-state index < -0.39 is 0 Å². The van der Waals surface area contributed by atoms with Crippen molar-refractivity contribution in [2.45, 2.75) is 50.9 Å². The van der Waals surface area contributed by atoms with Crippen LogP contribution in [-0.2, 0) is 17.9 Å². The normalized spacial score (nSPS) is 19.7. The lowest BCUT2D eigenvalue weighted by atomic mass is 10.1. The predicted octanol–water partition coefficient (Wildman–Crippen LogP) is 5.11. The molecule has 3 aromatic rings. The van der Waals surface area contributed by atoms with E-state index in [1.165, 1.54) is 35.2 Å². The molecule has 2 atom stereocenters. The summed E-state index contributed by atoms with van der Waals surface area (Å²) in [5.74, 6) is -0.233. The highest BCUT2D eigenvalue weighted by Crippen LogP contribution is 2.27. The number of hydrogen-bond acceptors (Lipinski definition) is 4. The van der Waals surface area contributed by atoms with E-state index in [9.17, 15) is 4.79 Å². The molecule has 2 saturated heterocycles. The van der Waals surface area contributed by atoms with Crippen LogP contribution in [-0.4, -0.2) is 31.1 Å². The van der Waals surface area contributed by atoms with Crippen molar-refractivity contribution in [1.82, 2.24) is 5.32 Å². The minimum absolute atomic E-state index is 0.191. The molecule has 2 aliphatic heterocycles. The number of carbonyl (C=O) groups is 1. The molecule has 2 aliphatic rings. The first-order valence-corrected chi connectivity index (χ1v) is 13.1. The number of para-hydroxylation sites is 1. The zero-order valence-electron chi connectivity index (χ0n) is 20.9. The lowest BCUT2D eigenvalue weighted by Crippen LogP contribution is -2.40. The standard InChI is InChI=1S/C31H36N4O/c32-31(36)30-9-5-21-35(30)29-18-15-26(16-19-29)23-34(28-7-2-1-3-8-28)22-25-12-10-24(11-13-25)14-17-27-6-4-20-33-27/h1-3,7-8,10-19,27,30,33H,4-6,9,20-23H2,(H2,32,36)/b17-14+. The Kier molecular flexibility index (Phi) is 7.67. The SMILES string of the molecule is NC(=O)C1CCCN1c1ccc(CN(Cc2ccc(/C=C/C3CCCN3)cc2)c2ccccc2)cc1. The molecule has 186 valence electrons. The third-order valence-corrected chi connectivity index (χ3v) is 7.32. The van der Waals surface area contributed by atoms with Gasteiger partial charge in [-0.2, -0.15) is 0 Å². The number of carbonyl (C=O) groups excluding carboxylic acids is 1. The summed E-state index contributed by atoms with van der Waals surface area (Å²) in [4.78, 5) is 16.4. The van der Waals surface area contributed by atoms with E-state index in [2.05, 4.69) is 106 Å². The Morgan fingerprint density at radius 3 is 2.25 bits per heavy atom. The molecule has 5 nitrogen and oxygen atoms in total. The number of nitrogens with zero attached hydrogens (tertiary/aromatic N) is 2.